The van der Waals surface area contributed by atoms with E-state index in [1.807, 2.05) is 24.3 Å². The highest BCUT2D eigenvalue weighted by atomic mass is 19.4. The summed E-state index contributed by atoms with van der Waals surface area (Å²) in [5.74, 6) is -1.90. The number of aromatic nitrogens is 2. The molecule has 3 aliphatic rings. The number of alkyl halides is 3. The molecule has 0 aliphatic carbocycles. The summed E-state index contributed by atoms with van der Waals surface area (Å²) < 4.78 is 59.0. The van der Waals surface area contributed by atoms with Gasteiger partial charge in [0.05, 0.1) is 53.7 Å². The number of hydrogen-bond acceptors (Lipinski definition) is 11. The maximum absolute atomic E-state index is 13.4. The van der Waals surface area contributed by atoms with Crippen LogP contribution >= 0.6 is 0 Å². The summed E-state index contributed by atoms with van der Waals surface area (Å²) in [5.41, 5.74) is 2.18. The SMILES string of the molecule is C.COc1cccc(-n2c(NC(=O)c3cccc(C(F)(F)F)c3)nc3cc(CN4CCN(CCOCCOc5ccc6c(c5)C(=O)N(C5CCC(=O)NC5=O)C6=O)CC4)ccc32)c1. The number of piperidine rings is 1. The molecule has 63 heavy (non-hydrogen) atoms. The minimum absolute atomic E-state index is 0. The molecule has 1 aromatic heterocycles. The molecule has 0 bridgehead atoms. The Morgan fingerprint density at radius 1 is 0.841 bits per heavy atom. The summed E-state index contributed by atoms with van der Waals surface area (Å²) in [7, 11) is 1.54. The van der Waals surface area contributed by atoms with Crippen molar-refractivity contribution in [1.29, 1.82) is 0 Å². The Morgan fingerprint density at radius 3 is 2.37 bits per heavy atom. The van der Waals surface area contributed by atoms with Crippen molar-refractivity contribution in [2.24, 2.45) is 0 Å². The lowest BCUT2D eigenvalue weighted by molar-refractivity contribution is -0.138. The van der Waals surface area contributed by atoms with Crippen LogP contribution in [0.5, 0.6) is 11.5 Å². The van der Waals surface area contributed by atoms with E-state index in [1.165, 1.54) is 31.4 Å². The zero-order chi connectivity index (χ0) is 43.5. The predicted molar refractivity (Wildman–Crippen MR) is 225 cm³/mol. The van der Waals surface area contributed by atoms with Crippen LogP contribution in [0.2, 0.25) is 0 Å². The number of nitrogens with zero attached hydrogens (tertiary/aromatic N) is 5. The number of amides is 5. The van der Waals surface area contributed by atoms with Gasteiger partial charge in [0.15, 0.2) is 0 Å². The van der Waals surface area contributed by atoms with Gasteiger partial charge >= 0.3 is 6.18 Å². The van der Waals surface area contributed by atoms with Crippen molar-refractivity contribution in [3.63, 3.8) is 0 Å². The second kappa shape index (κ2) is 18.8. The van der Waals surface area contributed by atoms with Gasteiger partial charge in [0, 0.05) is 57.3 Å². The average Bonchev–Trinajstić information content (AvgIpc) is 3.74. The van der Waals surface area contributed by atoms with Crippen LogP contribution in [0.15, 0.2) is 84.9 Å². The Balaban J connectivity index is 0.00000595. The minimum atomic E-state index is -4.60. The van der Waals surface area contributed by atoms with Gasteiger partial charge in [-0.2, -0.15) is 13.2 Å². The van der Waals surface area contributed by atoms with E-state index < -0.39 is 47.3 Å². The van der Waals surface area contributed by atoms with Crippen molar-refractivity contribution in [2.75, 3.05) is 65.0 Å². The maximum Gasteiger partial charge on any atom is 0.416 e. The minimum Gasteiger partial charge on any atom is -0.497 e. The Morgan fingerprint density at radius 2 is 1.60 bits per heavy atom. The van der Waals surface area contributed by atoms with Gasteiger partial charge in [0.25, 0.3) is 17.7 Å². The number of ether oxygens (including phenoxy) is 3. The van der Waals surface area contributed by atoms with Crippen LogP contribution in [0.3, 0.4) is 0 Å². The van der Waals surface area contributed by atoms with Crippen molar-refractivity contribution in [3.05, 3.63) is 113 Å². The lowest BCUT2D eigenvalue weighted by Crippen LogP contribution is -2.54. The largest absolute Gasteiger partial charge is 0.497 e. The molecule has 3 aliphatic heterocycles. The number of imide groups is 2. The second-order valence-electron chi connectivity index (χ2n) is 15.1. The van der Waals surface area contributed by atoms with Gasteiger partial charge in [0.2, 0.25) is 17.8 Å². The number of anilines is 1. The van der Waals surface area contributed by atoms with E-state index in [0.29, 0.717) is 48.0 Å². The van der Waals surface area contributed by atoms with E-state index in [2.05, 4.69) is 20.4 Å². The quantitative estimate of drug-likeness (QED) is 0.106. The fourth-order valence-electron chi connectivity index (χ4n) is 7.81. The highest BCUT2D eigenvalue weighted by Gasteiger charge is 2.44. The van der Waals surface area contributed by atoms with E-state index in [9.17, 15) is 37.1 Å². The number of benzene rings is 4. The summed E-state index contributed by atoms with van der Waals surface area (Å²) in [6, 6.07) is 20.8. The van der Waals surface area contributed by atoms with E-state index in [1.54, 1.807) is 28.8 Å². The molecule has 5 amide bonds. The zero-order valence-corrected chi connectivity index (χ0v) is 33.6. The molecule has 0 saturated carbocycles. The molecule has 330 valence electrons. The number of methoxy groups -OCH3 is 1. The topological polar surface area (TPSA) is 165 Å². The number of nitrogens with one attached hydrogen (secondary N) is 2. The smallest absolute Gasteiger partial charge is 0.416 e. The van der Waals surface area contributed by atoms with Gasteiger partial charge in [0.1, 0.15) is 24.1 Å². The Bertz CT molecular complexity index is 2550. The van der Waals surface area contributed by atoms with Crippen LogP contribution in [0.1, 0.15) is 62.5 Å². The standard InChI is InChI=1S/C44H42F3N7O8.CH4/c1-60-31-7-3-6-30(24-31)53-36-11-8-27(22-35(36)48-43(53)50-39(56)28-4-2-5-29(23-28)44(45,46)47)26-52-16-14-51(15-17-52)18-19-61-20-21-62-32-9-10-33-34(25-32)42(59)54(41(33)58)37-12-13-38(55)49-40(37)57;/h2-11,22-25,37H,12-21,26H2,1H3,(H,48,50,56)(H,49,55,57);1H4. The molecule has 5 aromatic rings. The van der Waals surface area contributed by atoms with Crippen LogP contribution in [0.4, 0.5) is 19.1 Å². The molecule has 1 unspecified atom stereocenters. The molecule has 4 heterocycles. The monoisotopic (exact) mass is 869 g/mol. The first-order valence-electron chi connectivity index (χ1n) is 20.0. The number of carbonyl (C=O) groups excluding carboxylic acids is 5. The highest BCUT2D eigenvalue weighted by molar-refractivity contribution is 6.23. The molecule has 0 spiro atoms. The molecular formula is C45H46F3N7O8. The zero-order valence-electron chi connectivity index (χ0n) is 33.6. The Kier molecular flexibility index (Phi) is 13.2. The van der Waals surface area contributed by atoms with Crippen LogP contribution in [0.25, 0.3) is 16.7 Å². The molecule has 1 atom stereocenters. The van der Waals surface area contributed by atoms with Crippen LogP contribution < -0.4 is 20.1 Å². The molecule has 2 N–H and O–H groups in total. The second-order valence-corrected chi connectivity index (χ2v) is 15.1. The van der Waals surface area contributed by atoms with Crippen LogP contribution in [0, 0.1) is 0 Å². The van der Waals surface area contributed by atoms with E-state index in [0.717, 1.165) is 55.3 Å². The number of imidazole rings is 1. The first-order chi connectivity index (χ1) is 29.9. The lowest BCUT2D eigenvalue weighted by Gasteiger charge is -2.34. The highest BCUT2D eigenvalue weighted by Crippen LogP contribution is 2.33. The molecule has 4 aromatic carbocycles. The maximum atomic E-state index is 13.4. The first kappa shape index (κ1) is 44.4. The number of rotatable bonds is 14. The van der Waals surface area contributed by atoms with Crippen molar-refractivity contribution in [1.82, 2.24) is 29.6 Å². The van der Waals surface area contributed by atoms with Gasteiger partial charge in [-0.3, -0.25) is 53.9 Å². The third kappa shape index (κ3) is 9.72. The number of piperazine rings is 1. The van der Waals surface area contributed by atoms with Crippen molar-refractivity contribution in [3.8, 4) is 17.2 Å². The molecule has 8 rings (SSSR count). The normalized spacial score (nSPS) is 17.1. The number of carbonyl (C=O) groups is 5. The number of hydrogen-bond donors (Lipinski definition) is 2. The predicted octanol–water partition coefficient (Wildman–Crippen LogP) is 5.56. The van der Waals surface area contributed by atoms with E-state index in [-0.39, 0.29) is 49.5 Å². The van der Waals surface area contributed by atoms with E-state index >= 15 is 0 Å². The summed E-state index contributed by atoms with van der Waals surface area (Å²) in [4.78, 5) is 73.5. The van der Waals surface area contributed by atoms with E-state index in [4.69, 9.17) is 19.2 Å². The lowest BCUT2D eigenvalue weighted by atomic mass is 10.0. The Hall–Kier alpha value is -6.63. The number of halogens is 3. The molecule has 18 heteroatoms. The summed E-state index contributed by atoms with van der Waals surface area (Å²) in [6.45, 7) is 5.69. The van der Waals surface area contributed by atoms with Crippen LogP contribution in [-0.4, -0.2) is 119 Å². The first-order valence-corrected chi connectivity index (χ1v) is 20.0. The fraction of sp³-hybridized carbons (Fsp3) is 0.333. The third-order valence-electron chi connectivity index (χ3n) is 11.0. The van der Waals surface area contributed by atoms with Gasteiger partial charge < -0.3 is 14.2 Å². The Labute approximate surface area is 360 Å². The summed E-state index contributed by atoms with van der Waals surface area (Å²) in [5, 5.41) is 4.91. The van der Waals surface area contributed by atoms with Gasteiger partial charge in [-0.05, 0) is 72.6 Å². The molecular weight excluding hydrogens is 824 g/mol. The summed E-state index contributed by atoms with van der Waals surface area (Å²) >= 11 is 0. The van der Waals surface area contributed by atoms with Gasteiger partial charge in [-0.15, -0.1) is 0 Å². The van der Waals surface area contributed by atoms with Crippen molar-refractivity contribution in [2.45, 2.75) is 39.0 Å². The fourth-order valence-corrected chi connectivity index (χ4v) is 7.81. The molecule has 2 fully saturated rings. The molecule has 0 radical (unpaired) electrons. The van der Waals surface area contributed by atoms with Gasteiger partial charge in [-0.1, -0.05) is 25.6 Å². The molecule has 15 nitrogen and oxygen atoms in total. The average molecular weight is 870 g/mol. The van der Waals surface area contributed by atoms with Crippen molar-refractivity contribution < 1.29 is 51.4 Å². The molecule has 2 saturated heterocycles. The van der Waals surface area contributed by atoms with Crippen LogP contribution in [-0.2, 0) is 27.0 Å². The third-order valence-corrected chi connectivity index (χ3v) is 11.0. The van der Waals surface area contributed by atoms with Gasteiger partial charge in [-0.25, -0.2) is 4.98 Å². The summed E-state index contributed by atoms with van der Waals surface area (Å²) in [6.07, 6.45) is -4.48. The van der Waals surface area contributed by atoms with Crippen molar-refractivity contribution >= 4 is 46.5 Å². The number of fused-ring (bicyclic) bond motifs is 2.